The summed E-state index contributed by atoms with van der Waals surface area (Å²) in [4.78, 5) is 12.1. The molecule has 2 N–H and O–H groups in total. The summed E-state index contributed by atoms with van der Waals surface area (Å²) >= 11 is 0. The van der Waals surface area contributed by atoms with Crippen molar-refractivity contribution >= 4 is 11.7 Å². The van der Waals surface area contributed by atoms with E-state index in [2.05, 4.69) is 15.5 Å². The van der Waals surface area contributed by atoms with Crippen LogP contribution in [-0.2, 0) is 6.42 Å². The second-order valence-corrected chi connectivity index (χ2v) is 4.26. The Hall–Kier alpha value is -2.30. The highest BCUT2D eigenvalue weighted by atomic mass is 16.5. The van der Waals surface area contributed by atoms with Crippen LogP contribution in [0, 0.1) is 6.92 Å². The molecule has 5 nitrogen and oxygen atoms in total. The molecule has 0 saturated heterocycles. The Morgan fingerprint density at radius 2 is 2.26 bits per heavy atom. The van der Waals surface area contributed by atoms with E-state index >= 15 is 0 Å². The second-order valence-electron chi connectivity index (χ2n) is 4.26. The van der Waals surface area contributed by atoms with E-state index in [1.54, 1.807) is 25.4 Å². The Balaban J connectivity index is 2.20. The number of benzene rings is 1. The summed E-state index contributed by atoms with van der Waals surface area (Å²) in [6.45, 7) is 3.94. The number of carbonyl (C=O) groups excluding carboxylic acids is 1. The molecule has 1 heterocycles. The Labute approximate surface area is 112 Å². The zero-order chi connectivity index (χ0) is 13.8. The van der Waals surface area contributed by atoms with Crippen LogP contribution in [-0.4, -0.2) is 23.2 Å². The highest BCUT2D eigenvalue weighted by Gasteiger charge is 2.11. The molecule has 0 aliphatic carbocycles. The number of nitrogens with one attached hydrogen (secondary N) is 2. The Morgan fingerprint density at radius 1 is 1.47 bits per heavy atom. The second kappa shape index (κ2) is 5.56. The Morgan fingerprint density at radius 3 is 2.95 bits per heavy atom. The number of hydrogen-bond donors (Lipinski definition) is 2. The molecular formula is C14H17N3O2. The number of aromatic amines is 1. The molecule has 2 aromatic rings. The molecule has 0 fully saturated rings. The quantitative estimate of drug-likeness (QED) is 0.886. The van der Waals surface area contributed by atoms with Crippen molar-refractivity contribution in [2.24, 2.45) is 0 Å². The number of ether oxygens (including phenoxy) is 1. The van der Waals surface area contributed by atoms with Crippen molar-refractivity contribution in [1.29, 1.82) is 0 Å². The van der Waals surface area contributed by atoms with Gasteiger partial charge in [-0.05, 0) is 31.0 Å². The fraction of sp³-hybridized carbons (Fsp3) is 0.286. The number of nitrogens with zero attached hydrogens (tertiary/aromatic N) is 1. The summed E-state index contributed by atoms with van der Waals surface area (Å²) in [5.41, 5.74) is 2.53. The smallest absolute Gasteiger partial charge is 0.256 e. The topological polar surface area (TPSA) is 67.0 Å². The number of rotatable bonds is 4. The molecular weight excluding hydrogens is 242 g/mol. The molecule has 0 spiro atoms. The molecule has 0 aliphatic rings. The highest BCUT2D eigenvalue weighted by molar-refractivity contribution is 6.04. The minimum Gasteiger partial charge on any atom is -0.496 e. The molecule has 0 atom stereocenters. The van der Waals surface area contributed by atoms with Gasteiger partial charge in [-0.2, -0.15) is 5.10 Å². The lowest BCUT2D eigenvalue weighted by molar-refractivity contribution is 0.102. The van der Waals surface area contributed by atoms with Crippen LogP contribution in [0.3, 0.4) is 0 Å². The number of anilines is 1. The van der Waals surface area contributed by atoms with Gasteiger partial charge in [0.2, 0.25) is 0 Å². The molecule has 2 rings (SSSR count). The first-order chi connectivity index (χ1) is 9.15. The van der Waals surface area contributed by atoms with E-state index in [0.29, 0.717) is 17.1 Å². The van der Waals surface area contributed by atoms with Crippen LogP contribution in [0.4, 0.5) is 5.82 Å². The number of amides is 1. The van der Waals surface area contributed by atoms with Gasteiger partial charge in [-0.25, -0.2) is 0 Å². The largest absolute Gasteiger partial charge is 0.496 e. The summed E-state index contributed by atoms with van der Waals surface area (Å²) in [6.07, 6.45) is 2.52. The predicted octanol–water partition coefficient (Wildman–Crippen LogP) is 2.54. The van der Waals surface area contributed by atoms with Crippen molar-refractivity contribution in [3.8, 4) is 5.75 Å². The van der Waals surface area contributed by atoms with Crippen molar-refractivity contribution in [3.05, 3.63) is 41.1 Å². The van der Waals surface area contributed by atoms with E-state index in [4.69, 9.17) is 4.74 Å². The molecule has 100 valence electrons. The SMILES string of the molecule is CCc1cn[nH]c1NC(=O)c1ccc(C)c(OC)c1. The van der Waals surface area contributed by atoms with Crippen molar-refractivity contribution < 1.29 is 9.53 Å². The molecule has 1 aromatic heterocycles. The van der Waals surface area contributed by atoms with Gasteiger partial charge in [-0.3, -0.25) is 9.89 Å². The third-order valence-electron chi connectivity index (χ3n) is 3.01. The molecule has 0 radical (unpaired) electrons. The van der Waals surface area contributed by atoms with Crippen molar-refractivity contribution in [1.82, 2.24) is 10.2 Å². The van der Waals surface area contributed by atoms with Gasteiger partial charge >= 0.3 is 0 Å². The molecule has 5 heteroatoms. The molecule has 0 unspecified atom stereocenters. The molecule has 1 aromatic carbocycles. The fourth-order valence-electron chi connectivity index (χ4n) is 1.83. The maximum Gasteiger partial charge on any atom is 0.256 e. The minimum absolute atomic E-state index is 0.183. The van der Waals surface area contributed by atoms with Crippen LogP contribution < -0.4 is 10.1 Å². The summed E-state index contributed by atoms with van der Waals surface area (Å²) in [6, 6.07) is 5.36. The first-order valence-corrected chi connectivity index (χ1v) is 6.14. The van der Waals surface area contributed by atoms with Crippen LogP contribution in [0.15, 0.2) is 24.4 Å². The van der Waals surface area contributed by atoms with Crippen molar-refractivity contribution in [2.75, 3.05) is 12.4 Å². The van der Waals surface area contributed by atoms with Gasteiger partial charge in [-0.1, -0.05) is 13.0 Å². The number of aromatic nitrogens is 2. The molecule has 0 saturated carbocycles. The number of hydrogen-bond acceptors (Lipinski definition) is 3. The van der Waals surface area contributed by atoms with E-state index in [0.717, 1.165) is 17.5 Å². The van der Waals surface area contributed by atoms with Crippen LogP contribution in [0.1, 0.15) is 28.4 Å². The van der Waals surface area contributed by atoms with Gasteiger partial charge in [0.25, 0.3) is 5.91 Å². The fourth-order valence-corrected chi connectivity index (χ4v) is 1.83. The van der Waals surface area contributed by atoms with Crippen molar-refractivity contribution in [3.63, 3.8) is 0 Å². The molecule has 19 heavy (non-hydrogen) atoms. The lowest BCUT2D eigenvalue weighted by Crippen LogP contribution is -2.13. The van der Waals surface area contributed by atoms with Crippen molar-refractivity contribution in [2.45, 2.75) is 20.3 Å². The van der Waals surface area contributed by atoms with Crippen LogP contribution >= 0.6 is 0 Å². The van der Waals surface area contributed by atoms with Crippen LogP contribution in [0.2, 0.25) is 0 Å². The zero-order valence-corrected chi connectivity index (χ0v) is 11.3. The summed E-state index contributed by atoms with van der Waals surface area (Å²) in [5, 5.41) is 9.52. The maximum absolute atomic E-state index is 12.1. The lowest BCUT2D eigenvalue weighted by atomic mass is 10.1. The van der Waals surface area contributed by atoms with E-state index < -0.39 is 0 Å². The molecule has 0 aliphatic heterocycles. The van der Waals surface area contributed by atoms with E-state index in [-0.39, 0.29) is 5.91 Å². The van der Waals surface area contributed by atoms with Gasteiger partial charge in [0, 0.05) is 11.1 Å². The number of H-pyrrole nitrogens is 1. The predicted molar refractivity (Wildman–Crippen MR) is 73.6 cm³/mol. The van der Waals surface area contributed by atoms with E-state index in [1.807, 2.05) is 19.9 Å². The van der Waals surface area contributed by atoms with E-state index in [1.165, 1.54) is 0 Å². The van der Waals surface area contributed by atoms with Crippen LogP contribution in [0.5, 0.6) is 5.75 Å². The average Bonchev–Trinajstić information content (AvgIpc) is 2.86. The number of aryl methyl sites for hydroxylation is 2. The first kappa shape index (κ1) is 13.1. The minimum atomic E-state index is -0.183. The van der Waals surface area contributed by atoms with Gasteiger partial charge in [0.1, 0.15) is 11.6 Å². The molecule has 1 amide bonds. The van der Waals surface area contributed by atoms with Gasteiger partial charge in [0.05, 0.1) is 13.3 Å². The van der Waals surface area contributed by atoms with Gasteiger partial charge in [-0.15, -0.1) is 0 Å². The van der Waals surface area contributed by atoms with Gasteiger partial charge in [0.15, 0.2) is 0 Å². The standard InChI is InChI=1S/C14H17N3O2/c1-4-10-8-15-17-13(10)16-14(18)11-6-5-9(2)12(7-11)19-3/h5-8H,4H2,1-3H3,(H2,15,16,17,18). The summed E-state index contributed by atoms with van der Waals surface area (Å²) in [5.74, 6) is 1.16. The van der Waals surface area contributed by atoms with E-state index in [9.17, 15) is 4.79 Å². The summed E-state index contributed by atoms with van der Waals surface area (Å²) < 4.78 is 5.22. The highest BCUT2D eigenvalue weighted by Crippen LogP contribution is 2.20. The maximum atomic E-state index is 12.1. The Kier molecular flexibility index (Phi) is 3.85. The zero-order valence-electron chi connectivity index (χ0n) is 11.3. The van der Waals surface area contributed by atoms with Crippen LogP contribution in [0.25, 0.3) is 0 Å². The monoisotopic (exact) mass is 259 g/mol. The lowest BCUT2D eigenvalue weighted by Gasteiger charge is -2.08. The average molecular weight is 259 g/mol. The number of carbonyl (C=O) groups is 1. The number of methoxy groups -OCH3 is 1. The normalized spacial score (nSPS) is 10.3. The summed E-state index contributed by atoms with van der Waals surface area (Å²) in [7, 11) is 1.59. The third-order valence-corrected chi connectivity index (χ3v) is 3.01. The first-order valence-electron chi connectivity index (χ1n) is 6.14. The third kappa shape index (κ3) is 2.76. The molecule has 0 bridgehead atoms. The Bertz CT molecular complexity index is 590. The van der Waals surface area contributed by atoms with Gasteiger partial charge < -0.3 is 10.1 Å².